The zero-order valence-corrected chi connectivity index (χ0v) is 15.8. The predicted molar refractivity (Wildman–Crippen MR) is 101 cm³/mol. The van der Waals surface area contributed by atoms with Crippen molar-refractivity contribution in [3.05, 3.63) is 23.5 Å². The number of nitrogens with two attached hydrogens (primary N) is 1. The normalized spacial score (nSPS) is 24.0. The fourth-order valence-electron chi connectivity index (χ4n) is 3.85. The molecule has 27 heavy (non-hydrogen) atoms. The third-order valence-electron chi connectivity index (χ3n) is 4.92. The second kappa shape index (κ2) is 7.35. The van der Waals surface area contributed by atoms with Gasteiger partial charge in [0.2, 0.25) is 5.95 Å². The number of hydrogen-bond acceptors (Lipinski definition) is 8. The van der Waals surface area contributed by atoms with E-state index in [0.717, 1.165) is 30.6 Å². The van der Waals surface area contributed by atoms with Gasteiger partial charge in [0.05, 0.1) is 11.2 Å². The van der Waals surface area contributed by atoms with Crippen LogP contribution in [0, 0.1) is 0 Å². The number of nitrogens with zero attached hydrogens (tertiary/aromatic N) is 5. The van der Waals surface area contributed by atoms with Crippen LogP contribution in [0.1, 0.15) is 25.7 Å². The summed E-state index contributed by atoms with van der Waals surface area (Å²) < 4.78 is 0. The molecule has 11 heteroatoms. The molecule has 142 valence electrons. The fourth-order valence-corrected chi connectivity index (χ4v) is 4.82. The Bertz CT molecular complexity index is 839. The number of rotatable bonds is 4. The van der Waals surface area contributed by atoms with Crippen molar-refractivity contribution < 1.29 is 9.90 Å². The molecule has 2 aromatic heterocycles. The first-order valence-electron chi connectivity index (χ1n) is 8.56. The number of carbonyl (C=O) groups is 1. The minimum absolute atomic E-state index is 0.0154. The molecule has 4 rings (SSSR count). The van der Waals surface area contributed by atoms with E-state index >= 15 is 0 Å². The second-order valence-electron chi connectivity index (χ2n) is 6.62. The molecule has 4 N–H and O–H groups in total. The summed E-state index contributed by atoms with van der Waals surface area (Å²) in [5, 5.41) is 21.1. The minimum atomic E-state index is -0.970. The molecule has 1 unspecified atom stereocenters. The molecule has 2 aliphatic rings. The summed E-state index contributed by atoms with van der Waals surface area (Å²) in [4.78, 5) is 22.2. The Morgan fingerprint density at radius 3 is 2.67 bits per heavy atom. The molecule has 0 spiro atoms. The number of halogens is 1. The van der Waals surface area contributed by atoms with Gasteiger partial charge in [0.25, 0.3) is 0 Å². The summed E-state index contributed by atoms with van der Waals surface area (Å²) in [7, 11) is 0. The maximum absolute atomic E-state index is 10.9. The van der Waals surface area contributed by atoms with E-state index in [0.29, 0.717) is 16.0 Å². The van der Waals surface area contributed by atoms with Gasteiger partial charge in [0, 0.05) is 29.2 Å². The molecular weight excluding hydrogens is 390 g/mol. The van der Waals surface area contributed by atoms with Crippen molar-refractivity contribution in [2.75, 3.05) is 10.6 Å². The molecule has 2 saturated heterocycles. The SMILES string of the molecule is Nc1nccc(Sc2cnc(N3[C@@H]4CC[C@H]3CC(NC(=O)O)C4)nn2)c1Cl. The van der Waals surface area contributed by atoms with Crippen LogP contribution in [0.3, 0.4) is 0 Å². The average molecular weight is 408 g/mol. The molecule has 4 heterocycles. The van der Waals surface area contributed by atoms with Crippen LogP contribution in [-0.2, 0) is 0 Å². The van der Waals surface area contributed by atoms with Crippen LogP contribution in [0.4, 0.5) is 16.6 Å². The van der Waals surface area contributed by atoms with E-state index in [4.69, 9.17) is 22.4 Å². The summed E-state index contributed by atoms with van der Waals surface area (Å²) in [6.45, 7) is 0. The number of pyridine rings is 1. The Morgan fingerprint density at radius 1 is 1.30 bits per heavy atom. The van der Waals surface area contributed by atoms with E-state index in [1.165, 1.54) is 11.8 Å². The lowest BCUT2D eigenvalue weighted by molar-refractivity contribution is 0.185. The molecule has 2 aromatic rings. The second-order valence-corrected chi connectivity index (χ2v) is 8.06. The van der Waals surface area contributed by atoms with E-state index in [1.54, 1.807) is 18.5 Å². The van der Waals surface area contributed by atoms with Crippen LogP contribution in [0.15, 0.2) is 28.4 Å². The summed E-state index contributed by atoms with van der Waals surface area (Å²) in [6.07, 6.45) is 5.82. The molecule has 2 bridgehead atoms. The van der Waals surface area contributed by atoms with Gasteiger partial charge < -0.3 is 21.1 Å². The molecule has 2 fully saturated rings. The number of piperidine rings is 1. The highest BCUT2D eigenvalue weighted by Crippen LogP contribution is 2.38. The van der Waals surface area contributed by atoms with Crippen molar-refractivity contribution in [2.24, 2.45) is 0 Å². The highest BCUT2D eigenvalue weighted by atomic mass is 35.5. The molecule has 0 aliphatic carbocycles. The van der Waals surface area contributed by atoms with Crippen LogP contribution in [0.5, 0.6) is 0 Å². The van der Waals surface area contributed by atoms with E-state index < -0.39 is 6.09 Å². The smallest absolute Gasteiger partial charge is 0.404 e. The van der Waals surface area contributed by atoms with Gasteiger partial charge in [-0.3, -0.25) is 0 Å². The Kier molecular flexibility index (Phi) is 4.92. The van der Waals surface area contributed by atoms with E-state index in [1.807, 2.05) is 0 Å². The lowest BCUT2D eigenvalue weighted by atomic mass is 9.98. The van der Waals surface area contributed by atoms with Crippen molar-refractivity contribution in [3.8, 4) is 0 Å². The van der Waals surface area contributed by atoms with Crippen molar-refractivity contribution in [3.63, 3.8) is 0 Å². The maximum atomic E-state index is 10.9. The van der Waals surface area contributed by atoms with E-state index in [-0.39, 0.29) is 23.9 Å². The Balaban J connectivity index is 1.47. The maximum Gasteiger partial charge on any atom is 0.404 e. The van der Waals surface area contributed by atoms with Crippen LogP contribution < -0.4 is 16.0 Å². The highest BCUT2D eigenvalue weighted by molar-refractivity contribution is 7.99. The third-order valence-corrected chi connectivity index (χ3v) is 6.38. The number of nitrogen functional groups attached to an aromatic ring is 1. The number of aromatic nitrogens is 4. The van der Waals surface area contributed by atoms with Crippen LogP contribution >= 0.6 is 23.4 Å². The zero-order valence-electron chi connectivity index (χ0n) is 14.2. The average Bonchev–Trinajstić information content (AvgIpc) is 2.90. The van der Waals surface area contributed by atoms with E-state index in [2.05, 4.69) is 30.4 Å². The van der Waals surface area contributed by atoms with Gasteiger partial charge in [-0.1, -0.05) is 23.4 Å². The van der Waals surface area contributed by atoms with Gasteiger partial charge in [-0.25, -0.2) is 14.8 Å². The number of carboxylic acid groups (broad SMARTS) is 1. The van der Waals surface area contributed by atoms with Crippen molar-refractivity contribution in [2.45, 2.75) is 53.7 Å². The standard InChI is InChI=1S/C16H18ClN7O2S/c17-13-11(3-4-19-14(13)18)27-12-7-20-15(23-22-12)24-9-1-2-10(24)6-8(5-9)21-16(25)26/h3-4,7-10,21H,1-2,5-6H2,(H2,18,19)(H,25,26)/t8?,9-,10+. The topological polar surface area (TPSA) is 130 Å². The zero-order chi connectivity index (χ0) is 19.0. The van der Waals surface area contributed by atoms with Crippen LogP contribution in [0.2, 0.25) is 5.02 Å². The number of anilines is 2. The van der Waals surface area contributed by atoms with Crippen LogP contribution in [0.25, 0.3) is 0 Å². The molecule has 3 atom stereocenters. The summed E-state index contributed by atoms with van der Waals surface area (Å²) in [5.74, 6) is 0.856. The number of fused-ring (bicyclic) bond motifs is 2. The molecule has 0 radical (unpaired) electrons. The number of nitrogens with one attached hydrogen (secondary N) is 1. The Hall–Kier alpha value is -2.33. The first-order chi connectivity index (χ1) is 13.0. The van der Waals surface area contributed by atoms with E-state index in [9.17, 15) is 4.79 Å². The number of hydrogen-bond donors (Lipinski definition) is 3. The minimum Gasteiger partial charge on any atom is -0.465 e. The largest absolute Gasteiger partial charge is 0.465 e. The molecule has 0 aromatic carbocycles. The van der Waals surface area contributed by atoms with Gasteiger partial charge in [0.1, 0.15) is 10.8 Å². The molecule has 0 saturated carbocycles. The van der Waals surface area contributed by atoms with Gasteiger partial charge in [-0.2, -0.15) is 0 Å². The fraction of sp³-hybridized carbons (Fsp3) is 0.438. The highest BCUT2D eigenvalue weighted by Gasteiger charge is 2.42. The van der Waals surface area contributed by atoms with Gasteiger partial charge >= 0.3 is 6.09 Å². The molecule has 9 nitrogen and oxygen atoms in total. The van der Waals surface area contributed by atoms with Crippen molar-refractivity contribution in [1.29, 1.82) is 0 Å². The lowest BCUT2D eigenvalue weighted by Crippen LogP contribution is -2.50. The Labute approximate surface area is 164 Å². The predicted octanol–water partition coefficient (Wildman–Crippen LogP) is 2.42. The first kappa shape index (κ1) is 18.1. The summed E-state index contributed by atoms with van der Waals surface area (Å²) in [5.41, 5.74) is 5.72. The molecule has 1 amide bonds. The first-order valence-corrected chi connectivity index (χ1v) is 9.76. The van der Waals surface area contributed by atoms with Crippen molar-refractivity contribution >= 4 is 41.2 Å². The van der Waals surface area contributed by atoms with Crippen molar-refractivity contribution in [1.82, 2.24) is 25.5 Å². The molecule has 2 aliphatic heterocycles. The summed E-state index contributed by atoms with van der Waals surface area (Å²) >= 11 is 7.49. The molecular formula is C16H18ClN7O2S. The quantitative estimate of drug-likeness (QED) is 0.699. The summed E-state index contributed by atoms with van der Waals surface area (Å²) in [6, 6.07) is 2.21. The Morgan fingerprint density at radius 2 is 2.04 bits per heavy atom. The lowest BCUT2D eigenvalue weighted by Gasteiger charge is -2.38. The van der Waals surface area contributed by atoms with Gasteiger partial charge in [0.15, 0.2) is 0 Å². The third kappa shape index (κ3) is 3.72. The van der Waals surface area contributed by atoms with Gasteiger partial charge in [-0.05, 0) is 31.7 Å². The van der Waals surface area contributed by atoms with Gasteiger partial charge in [-0.15, -0.1) is 10.2 Å². The van der Waals surface area contributed by atoms with Crippen LogP contribution in [-0.4, -0.2) is 49.5 Å². The monoisotopic (exact) mass is 407 g/mol. The number of amides is 1.